The van der Waals surface area contributed by atoms with Crippen molar-refractivity contribution in [3.63, 3.8) is 0 Å². The average molecular weight is 455 g/mol. The summed E-state index contributed by atoms with van der Waals surface area (Å²) in [5.41, 5.74) is 1.37. The van der Waals surface area contributed by atoms with Gasteiger partial charge >= 0.3 is 4.87 Å². The maximum Gasteiger partial charge on any atom is 0.308 e. The molecule has 3 rings (SSSR count). The second-order valence-electron chi connectivity index (χ2n) is 6.83. The molecule has 3 aromatic rings. The topological polar surface area (TPSA) is 102 Å². The van der Waals surface area contributed by atoms with Crippen LogP contribution in [-0.2, 0) is 26.4 Å². The summed E-state index contributed by atoms with van der Waals surface area (Å²) in [7, 11) is -7.14. The molecule has 0 fully saturated rings. The van der Waals surface area contributed by atoms with E-state index in [4.69, 9.17) is 0 Å². The van der Waals surface area contributed by atoms with Crippen LogP contribution in [0.25, 0.3) is 10.2 Å². The Morgan fingerprint density at radius 2 is 1.66 bits per heavy atom. The van der Waals surface area contributed by atoms with Gasteiger partial charge in [0.15, 0.2) is 9.84 Å². The van der Waals surface area contributed by atoms with E-state index in [0.717, 1.165) is 29.5 Å². The molecule has 10 heteroatoms. The molecule has 0 aliphatic carbocycles. The fraction of sp³-hybridized carbons (Fsp3) is 0.316. The lowest BCUT2D eigenvalue weighted by Crippen LogP contribution is -2.26. The van der Waals surface area contributed by atoms with Gasteiger partial charge in [0.25, 0.3) is 0 Å². The number of hydrogen-bond acceptors (Lipinski definition) is 6. The number of aromatic nitrogens is 1. The summed E-state index contributed by atoms with van der Waals surface area (Å²) >= 11 is 1.03. The van der Waals surface area contributed by atoms with E-state index in [-0.39, 0.29) is 14.7 Å². The van der Waals surface area contributed by atoms with Crippen LogP contribution in [0.4, 0.5) is 0 Å². The van der Waals surface area contributed by atoms with Gasteiger partial charge < -0.3 is 0 Å². The third-order valence-corrected chi connectivity index (χ3v) is 8.15. The van der Waals surface area contributed by atoms with Crippen LogP contribution in [0.15, 0.2) is 57.1 Å². The Bertz CT molecular complexity index is 1300. The minimum atomic E-state index is -3.83. The Hall–Kier alpha value is -2.01. The zero-order valence-corrected chi connectivity index (χ0v) is 18.7. The van der Waals surface area contributed by atoms with Gasteiger partial charge in [0.2, 0.25) is 10.0 Å². The largest absolute Gasteiger partial charge is 0.308 e. The molecule has 0 radical (unpaired) electrons. The highest BCUT2D eigenvalue weighted by Gasteiger charge is 2.20. The molecule has 1 heterocycles. The van der Waals surface area contributed by atoms with Gasteiger partial charge in [-0.25, -0.2) is 21.6 Å². The van der Waals surface area contributed by atoms with E-state index in [1.807, 2.05) is 6.92 Å². The number of aryl methyl sites for hydroxylation is 1. The Labute approximate surface area is 174 Å². The van der Waals surface area contributed by atoms with Crippen molar-refractivity contribution in [1.29, 1.82) is 0 Å². The number of sulfone groups is 1. The normalized spacial score (nSPS) is 13.6. The fourth-order valence-corrected chi connectivity index (χ4v) is 5.94. The van der Waals surface area contributed by atoms with Crippen molar-refractivity contribution in [3.05, 3.63) is 57.7 Å². The number of sulfonamides is 1. The molecule has 0 saturated carbocycles. The Morgan fingerprint density at radius 3 is 2.24 bits per heavy atom. The van der Waals surface area contributed by atoms with Crippen LogP contribution in [0.2, 0.25) is 0 Å². The molecule has 0 aliphatic heterocycles. The average Bonchev–Trinajstić information content (AvgIpc) is 2.96. The van der Waals surface area contributed by atoms with E-state index in [0.29, 0.717) is 16.8 Å². The van der Waals surface area contributed by atoms with Crippen molar-refractivity contribution in [2.24, 2.45) is 0 Å². The van der Waals surface area contributed by atoms with Crippen LogP contribution in [-0.4, -0.2) is 27.7 Å². The predicted octanol–water partition coefficient (Wildman–Crippen LogP) is 2.92. The van der Waals surface area contributed by atoms with E-state index in [9.17, 15) is 21.6 Å². The number of benzene rings is 2. The maximum atomic E-state index is 12.8. The number of hydrogen-bond donors (Lipinski definition) is 1. The maximum absolute atomic E-state index is 12.8. The van der Waals surface area contributed by atoms with Crippen LogP contribution >= 0.6 is 11.3 Å². The standard InChI is InChI=1S/C19H22N2O5S3/c1-4-11-21-17-10-9-16(12-18(17)27-19(21)22)29(25,26)20-13(2)14-5-7-15(8-6-14)28(3,23)24/h5-10,12-13,20H,4,11H2,1-3H3/t13-/m0/s1. The SMILES string of the molecule is CCCn1c(=O)sc2cc(S(=O)(=O)N[C@@H](C)c3ccc(S(C)(=O)=O)cc3)ccc21. The summed E-state index contributed by atoms with van der Waals surface area (Å²) in [4.78, 5) is 12.3. The molecule has 1 N–H and O–H groups in total. The zero-order valence-electron chi connectivity index (χ0n) is 16.2. The van der Waals surface area contributed by atoms with E-state index >= 15 is 0 Å². The number of rotatable bonds is 7. The lowest BCUT2D eigenvalue weighted by atomic mass is 10.1. The molecule has 7 nitrogen and oxygen atoms in total. The summed E-state index contributed by atoms with van der Waals surface area (Å²) in [6.45, 7) is 4.24. The molecule has 0 aliphatic rings. The smallest absolute Gasteiger partial charge is 0.299 e. The van der Waals surface area contributed by atoms with Crippen molar-refractivity contribution in [1.82, 2.24) is 9.29 Å². The molecule has 1 aromatic heterocycles. The van der Waals surface area contributed by atoms with Gasteiger partial charge in [-0.05, 0) is 49.2 Å². The van der Waals surface area contributed by atoms with E-state index in [2.05, 4.69) is 4.72 Å². The van der Waals surface area contributed by atoms with E-state index in [1.165, 1.54) is 24.3 Å². The van der Waals surface area contributed by atoms with Crippen molar-refractivity contribution < 1.29 is 16.8 Å². The fourth-order valence-electron chi connectivity index (χ4n) is 3.02. The van der Waals surface area contributed by atoms with Gasteiger partial charge in [0, 0.05) is 18.8 Å². The summed E-state index contributed by atoms with van der Waals surface area (Å²) in [5.74, 6) is 0. The third-order valence-electron chi connectivity index (χ3n) is 4.54. The lowest BCUT2D eigenvalue weighted by molar-refractivity contribution is 0.566. The minimum absolute atomic E-state index is 0.0782. The molecule has 0 saturated heterocycles. The summed E-state index contributed by atoms with van der Waals surface area (Å²) in [5, 5.41) is 0. The van der Waals surface area contributed by atoms with Crippen molar-refractivity contribution in [3.8, 4) is 0 Å². The van der Waals surface area contributed by atoms with Gasteiger partial charge in [0.1, 0.15) is 0 Å². The van der Waals surface area contributed by atoms with Gasteiger partial charge in [-0.3, -0.25) is 9.36 Å². The van der Waals surface area contributed by atoms with Gasteiger partial charge in [0.05, 0.1) is 20.0 Å². The number of nitrogens with one attached hydrogen (secondary N) is 1. The summed E-state index contributed by atoms with van der Waals surface area (Å²) in [6.07, 6.45) is 1.93. The molecule has 0 spiro atoms. The second-order valence-corrected chi connectivity index (χ2v) is 11.6. The third kappa shape index (κ3) is 4.61. The van der Waals surface area contributed by atoms with Crippen molar-refractivity contribution in [2.45, 2.75) is 42.6 Å². The lowest BCUT2D eigenvalue weighted by Gasteiger charge is -2.15. The highest BCUT2D eigenvalue weighted by molar-refractivity contribution is 7.90. The Morgan fingerprint density at radius 1 is 1.03 bits per heavy atom. The molecular weight excluding hydrogens is 432 g/mol. The first-order valence-electron chi connectivity index (χ1n) is 8.98. The number of nitrogens with zero attached hydrogens (tertiary/aromatic N) is 1. The molecule has 0 bridgehead atoms. The quantitative estimate of drug-likeness (QED) is 0.591. The first kappa shape index (κ1) is 21.7. The second kappa shape index (κ2) is 8.02. The van der Waals surface area contributed by atoms with Crippen LogP contribution in [0.3, 0.4) is 0 Å². The molecule has 29 heavy (non-hydrogen) atoms. The molecule has 2 aromatic carbocycles. The Balaban J connectivity index is 1.88. The van der Waals surface area contributed by atoms with Gasteiger partial charge in [-0.1, -0.05) is 30.4 Å². The molecule has 0 unspecified atom stereocenters. The van der Waals surface area contributed by atoms with Gasteiger partial charge in [-0.2, -0.15) is 0 Å². The van der Waals surface area contributed by atoms with Crippen molar-refractivity contribution >= 4 is 41.4 Å². The highest BCUT2D eigenvalue weighted by Crippen LogP contribution is 2.24. The molecule has 1 atom stereocenters. The first-order chi connectivity index (χ1) is 13.5. The number of thiazole rings is 1. The van der Waals surface area contributed by atoms with Crippen LogP contribution in [0.5, 0.6) is 0 Å². The highest BCUT2D eigenvalue weighted by atomic mass is 32.2. The minimum Gasteiger partial charge on any atom is -0.299 e. The van der Waals surface area contributed by atoms with Crippen molar-refractivity contribution in [2.75, 3.05) is 6.26 Å². The van der Waals surface area contributed by atoms with Gasteiger partial charge in [-0.15, -0.1) is 0 Å². The monoisotopic (exact) mass is 454 g/mol. The molecular formula is C19H22N2O5S3. The van der Waals surface area contributed by atoms with E-state index < -0.39 is 25.9 Å². The first-order valence-corrected chi connectivity index (χ1v) is 13.2. The van der Waals surface area contributed by atoms with Crippen LogP contribution in [0, 0.1) is 0 Å². The van der Waals surface area contributed by atoms with Crippen LogP contribution in [0.1, 0.15) is 31.9 Å². The Kier molecular flexibility index (Phi) is 6.00. The van der Waals surface area contributed by atoms with Crippen LogP contribution < -0.4 is 9.60 Å². The predicted molar refractivity (Wildman–Crippen MR) is 115 cm³/mol. The number of fused-ring (bicyclic) bond motifs is 1. The summed E-state index contributed by atoms with van der Waals surface area (Å²) < 4.78 is 53.6. The molecule has 0 amide bonds. The molecule has 156 valence electrons. The summed E-state index contributed by atoms with van der Waals surface area (Å²) in [6, 6.07) is 10.2. The van der Waals surface area contributed by atoms with E-state index in [1.54, 1.807) is 29.7 Å². The zero-order chi connectivity index (χ0) is 21.4.